The molecule has 1 aromatic carbocycles. The average molecular weight is 291 g/mol. The highest BCUT2D eigenvalue weighted by molar-refractivity contribution is 8.06. The van der Waals surface area contributed by atoms with Crippen molar-refractivity contribution in [3.63, 3.8) is 0 Å². The highest BCUT2D eigenvalue weighted by atomic mass is 32.2. The minimum Gasteiger partial charge on any atom is -0.397 e. The number of para-hydroxylation sites is 1. The van der Waals surface area contributed by atoms with Crippen LogP contribution in [0.15, 0.2) is 30.5 Å². The van der Waals surface area contributed by atoms with Crippen LogP contribution in [0.3, 0.4) is 0 Å². The summed E-state index contributed by atoms with van der Waals surface area (Å²) >= 11 is 4.12. The topological polar surface area (TPSA) is 50.9 Å². The molecule has 2 heterocycles. The van der Waals surface area contributed by atoms with Crippen molar-refractivity contribution in [1.82, 2.24) is 4.98 Å². The van der Waals surface area contributed by atoms with Gasteiger partial charge in [0.1, 0.15) is 0 Å². The molecule has 1 unspecified atom stereocenters. The number of benzene rings is 1. The number of nitrogen functional groups attached to an aromatic ring is 1. The molecule has 2 aromatic rings. The second kappa shape index (κ2) is 5.92. The first kappa shape index (κ1) is 12.9. The van der Waals surface area contributed by atoms with Crippen LogP contribution in [-0.4, -0.2) is 34.0 Å². The van der Waals surface area contributed by atoms with Crippen molar-refractivity contribution >= 4 is 45.8 Å². The molecule has 1 saturated heterocycles. The van der Waals surface area contributed by atoms with E-state index in [1.54, 1.807) is 0 Å². The number of pyridine rings is 1. The number of aromatic nitrogens is 1. The molecular formula is C14H17N3S2. The lowest BCUT2D eigenvalue weighted by molar-refractivity contribution is 1.01. The van der Waals surface area contributed by atoms with Crippen molar-refractivity contribution < 1.29 is 0 Å². The summed E-state index contributed by atoms with van der Waals surface area (Å²) in [7, 11) is 0. The number of fused-ring (bicyclic) bond motifs is 1. The summed E-state index contributed by atoms with van der Waals surface area (Å²) in [6.07, 6.45) is 1.82. The van der Waals surface area contributed by atoms with Gasteiger partial charge in [-0.2, -0.15) is 23.5 Å². The molecule has 0 bridgehead atoms. The smallest absolute Gasteiger partial charge is 0.0951 e. The quantitative estimate of drug-likeness (QED) is 0.851. The van der Waals surface area contributed by atoms with Gasteiger partial charge in [-0.1, -0.05) is 12.1 Å². The Hall–Kier alpha value is -1.07. The molecule has 1 aliphatic rings. The van der Waals surface area contributed by atoms with Crippen LogP contribution in [0.1, 0.15) is 0 Å². The summed E-state index contributed by atoms with van der Waals surface area (Å²) in [6.45, 7) is 1.01. The molecule has 3 nitrogen and oxygen atoms in total. The van der Waals surface area contributed by atoms with Crippen molar-refractivity contribution in [2.24, 2.45) is 0 Å². The zero-order chi connectivity index (χ0) is 13.1. The zero-order valence-electron chi connectivity index (χ0n) is 10.6. The third-order valence-corrected chi connectivity index (χ3v) is 6.05. The van der Waals surface area contributed by atoms with Gasteiger partial charge in [0, 0.05) is 46.3 Å². The van der Waals surface area contributed by atoms with E-state index in [-0.39, 0.29) is 0 Å². The van der Waals surface area contributed by atoms with Gasteiger partial charge in [-0.15, -0.1) is 0 Å². The highest BCUT2D eigenvalue weighted by Crippen LogP contribution is 2.27. The number of rotatable bonds is 3. The molecule has 1 aliphatic heterocycles. The number of nitrogens with one attached hydrogen (secondary N) is 1. The summed E-state index contributed by atoms with van der Waals surface area (Å²) in [4.78, 5) is 4.36. The van der Waals surface area contributed by atoms with E-state index < -0.39 is 0 Å². The summed E-state index contributed by atoms with van der Waals surface area (Å²) in [5, 5.41) is 5.36. The van der Waals surface area contributed by atoms with Crippen LogP contribution in [0.25, 0.3) is 10.9 Å². The normalized spacial score (nSPS) is 19.5. The zero-order valence-corrected chi connectivity index (χ0v) is 12.3. The molecule has 100 valence electrons. The Balaban J connectivity index is 1.79. The second-order valence-corrected chi connectivity index (χ2v) is 7.11. The lowest BCUT2D eigenvalue weighted by atomic mass is 10.1. The van der Waals surface area contributed by atoms with E-state index in [1.807, 2.05) is 24.4 Å². The fourth-order valence-electron chi connectivity index (χ4n) is 2.23. The van der Waals surface area contributed by atoms with Crippen molar-refractivity contribution in [2.75, 3.05) is 34.9 Å². The first-order valence-electron chi connectivity index (χ1n) is 6.41. The van der Waals surface area contributed by atoms with Crippen LogP contribution in [0.5, 0.6) is 0 Å². The van der Waals surface area contributed by atoms with E-state index in [0.29, 0.717) is 5.25 Å². The number of nitrogens with two attached hydrogens (primary N) is 1. The molecule has 1 fully saturated rings. The SMILES string of the molecule is Nc1cccc2c(NCC3CSCCS3)ccnc12. The van der Waals surface area contributed by atoms with Crippen LogP contribution in [-0.2, 0) is 0 Å². The number of hydrogen-bond acceptors (Lipinski definition) is 5. The molecule has 0 amide bonds. The minimum atomic E-state index is 0.697. The predicted molar refractivity (Wildman–Crippen MR) is 88.2 cm³/mol. The van der Waals surface area contributed by atoms with Gasteiger partial charge in [-0.25, -0.2) is 0 Å². The molecular weight excluding hydrogens is 274 g/mol. The summed E-state index contributed by atoms with van der Waals surface area (Å²) < 4.78 is 0. The molecule has 3 rings (SSSR count). The van der Waals surface area contributed by atoms with E-state index in [1.165, 1.54) is 17.3 Å². The second-order valence-electron chi connectivity index (χ2n) is 4.55. The largest absolute Gasteiger partial charge is 0.397 e. The molecule has 0 saturated carbocycles. The molecule has 0 radical (unpaired) electrons. The molecule has 1 aromatic heterocycles. The molecule has 0 aliphatic carbocycles. The van der Waals surface area contributed by atoms with Crippen molar-refractivity contribution in [2.45, 2.75) is 5.25 Å². The Morgan fingerprint density at radius 3 is 3.11 bits per heavy atom. The third kappa shape index (κ3) is 2.92. The van der Waals surface area contributed by atoms with Crippen molar-refractivity contribution in [1.29, 1.82) is 0 Å². The molecule has 1 atom stereocenters. The fourth-order valence-corrected chi connectivity index (χ4v) is 4.84. The van der Waals surface area contributed by atoms with E-state index in [4.69, 9.17) is 5.73 Å². The Morgan fingerprint density at radius 2 is 2.26 bits per heavy atom. The van der Waals surface area contributed by atoms with Crippen LogP contribution in [0, 0.1) is 0 Å². The van der Waals surface area contributed by atoms with Crippen LogP contribution in [0.2, 0.25) is 0 Å². The number of nitrogens with zero attached hydrogens (tertiary/aromatic N) is 1. The van der Waals surface area contributed by atoms with Gasteiger partial charge >= 0.3 is 0 Å². The maximum Gasteiger partial charge on any atom is 0.0951 e. The van der Waals surface area contributed by atoms with E-state index in [2.05, 4.69) is 39.9 Å². The lowest BCUT2D eigenvalue weighted by Crippen LogP contribution is -2.23. The first-order chi connectivity index (χ1) is 9.34. The predicted octanol–water partition coefficient (Wildman–Crippen LogP) is 3.08. The van der Waals surface area contributed by atoms with Gasteiger partial charge in [0.05, 0.1) is 11.2 Å². The lowest BCUT2D eigenvalue weighted by Gasteiger charge is -2.22. The highest BCUT2D eigenvalue weighted by Gasteiger charge is 2.14. The van der Waals surface area contributed by atoms with Crippen molar-refractivity contribution in [3.8, 4) is 0 Å². The Labute approximate surface area is 121 Å². The summed E-state index contributed by atoms with van der Waals surface area (Å²) in [5.74, 6) is 3.79. The Kier molecular flexibility index (Phi) is 4.03. The van der Waals surface area contributed by atoms with E-state index in [9.17, 15) is 0 Å². The molecule has 3 N–H and O–H groups in total. The van der Waals surface area contributed by atoms with Gasteiger partial charge in [0.2, 0.25) is 0 Å². The Morgan fingerprint density at radius 1 is 1.32 bits per heavy atom. The van der Waals surface area contributed by atoms with Crippen LogP contribution in [0.4, 0.5) is 11.4 Å². The Bertz CT molecular complexity index is 568. The van der Waals surface area contributed by atoms with Crippen molar-refractivity contribution in [3.05, 3.63) is 30.5 Å². The number of thioether (sulfide) groups is 2. The average Bonchev–Trinajstić information content (AvgIpc) is 2.47. The van der Waals surface area contributed by atoms with Gasteiger partial charge in [0.15, 0.2) is 0 Å². The fraction of sp³-hybridized carbons (Fsp3) is 0.357. The van der Waals surface area contributed by atoms with Crippen LogP contribution >= 0.6 is 23.5 Å². The third-order valence-electron chi connectivity index (χ3n) is 3.21. The minimum absolute atomic E-state index is 0.697. The first-order valence-corrected chi connectivity index (χ1v) is 8.61. The van der Waals surface area contributed by atoms with Crippen LogP contribution < -0.4 is 11.1 Å². The molecule has 19 heavy (non-hydrogen) atoms. The number of hydrogen-bond donors (Lipinski definition) is 2. The maximum atomic E-state index is 5.97. The number of anilines is 2. The molecule has 5 heteroatoms. The van der Waals surface area contributed by atoms with E-state index >= 15 is 0 Å². The summed E-state index contributed by atoms with van der Waals surface area (Å²) in [5.41, 5.74) is 8.73. The monoisotopic (exact) mass is 291 g/mol. The van der Waals surface area contributed by atoms with Gasteiger partial charge in [-0.3, -0.25) is 4.98 Å². The van der Waals surface area contributed by atoms with Gasteiger partial charge in [0.25, 0.3) is 0 Å². The van der Waals surface area contributed by atoms with E-state index in [0.717, 1.165) is 28.8 Å². The summed E-state index contributed by atoms with van der Waals surface area (Å²) in [6, 6.07) is 7.98. The standard InChI is InChI=1S/C14H17N3S2/c15-12-3-1-2-11-13(4-5-16-14(11)12)17-8-10-9-18-6-7-19-10/h1-5,10H,6-9,15H2,(H,16,17). The maximum absolute atomic E-state index is 5.97. The van der Waals surface area contributed by atoms with Gasteiger partial charge < -0.3 is 11.1 Å². The molecule has 0 spiro atoms. The van der Waals surface area contributed by atoms with Gasteiger partial charge in [-0.05, 0) is 12.1 Å².